The van der Waals surface area contributed by atoms with Gasteiger partial charge in [0.05, 0.1) is 0 Å². The molecular formula is C9H10ClNO. The minimum absolute atomic E-state index is 0.559. The van der Waals surface area contributed by atoms with Gasteiger partial charge in [0.15, 0.2) is 0 Å². The van der Waals surface area contributed by atoms with Gasteiger partial charge in [0.2, 0.25) is 6.41 Å². The molecule has 0 aliphatic rings. The first-order chi connectivity index (χ1) is 5.74. The van der Waals surface area contributed by atoms with Gasteiger partial charge in [-0.2, -0.15) is 0 Å². The maximum atomic E-state index is 10.3. The molecule has 0 unspecified atom stereocenters. The van der Waals surface area contributed by atoms with E-state index in [0.717, 1.165) is 12.0 Å². The molecule has 0 aliphatic heterocycles. The van der Waals surface area contributed by atoms with E-state index in [1.54, 1.807) is 11.9 Å². The number of carbonyl (C=O) groups excluding carboxylic acids is 1. The van der Waals surface area contributed by atoms with Crippen molar-refractivity contribution in [3.8, 4) is 0 Å². The number of benzene rings is 1. The van der Waals surface area contributed by atoms with Gasteiger partial charge in [0, 0.05) is 18.6 Å². The highest BCUT2D eigenvalue weighted by Crippen LogP contribution is 2.15. The van der Waals surface area contributed by atoms with E-state index in [1.165, 1.54) is 0 Å². The van der Waals surface area contributed by atoms with Crippen molar-refractivity contribution in [2.45, 2.75) is 6.54 Å². The van der Waals surface area contributed by atoms with E-state index in [1.807, 2.05) is 24.3 Å². The third kappa shape index (κ3) is 2.24. The summed E-state index contributed by atoms with van der Waals surface area (Å²) in [6, 6.07) is 7.49. The number of nitrogens with zero attached hydrogens (tertiary/aromatic N) is 1. The molecule has 1 aromatic carbocycles. The summed E-state index contributed by atoms with van der Waals surface area (Å²) in [6.07, 6.45) is 0.781. The summed E-state index contributed by atoms with van der Waals surface area (Å²) in [7, 11) is 1.72. The molecule has 0 saturated heterocycles. The lowest BCUT2D eigenvalue weighted by atomic mass is 10.2. The van der Waals surface area contributed by atoms with Gasteiger partial charge in [-0.1, -0.05) is 29.8 Å². The highest BCUT2D eigenvalue weighted by Gasteiger charge is 2.00. The number of rotatable bonds is 3. The van der Waals surface area contributed by atoms with Crippen molar-refractivity contribution in [3.05, 3.63) is 34.9 Å². The monoisotopic (exact) mass is 183 g/mol. The van der Waals surface area contributed by atoms with Crippen LogP contribution in [0.25, 0.3) is 0 Å². The smallest absolute Gasteiger partial charge is 0.209 e. The zero-order chi connectivity index (χ0) is 8.97. The summed E-state index contributed by atoms with van der Waals surface area (Å²) in [5.74, 6) is 0. The Balaban J connectivity index is 2.75. The molecule has 0 radical (unpaired) electrons. The topological polar surface area (TPSA) is 20.3 Å². The Bertz CT molecular complexity index is 275. The maximum Gasteiger partial charge on any atom is 0.209 e. The van der Waals surface area contributed by atoms with Crippen LogP contribution in [0.15, 0.2) is 24.3 Å². The van der Waals surface area contributed by atoms with Crippen molar-refractivity contribution >= 4 is 18.0 Å². The van der Waals surface area contributed by atoms with E-state index in [9.17, 15) is 4.79 Å². The van der Waals surface area contributed by atoms with E-state index >= 15 is 0 Å². The molecule has 1 aromatic rings. The number of halogens is 1. The fraction of sp³-hybridized carbons (Fsp3) is 0.222. The molecule has 0 fully saturated rings. The predicted octanol–water partition coefficient (Wildman–Crippen LogP) is 1.93. The maximum absolute atomic E-state index is 10.3. The minimum Gasteiger partial charge on any atom is -0.344 e. The van der Waals surface area contributed by atoms with Crippen LogP contribution in [-0.4, -0.2) is 18.4 Å². The fourth-order valence-electron chi connectivity index (χ4n) is 0.933. The van der Waals surface area contributed by atoms with Gasteiger partial charge in [0.25, 0.3) is 0 Å². The second kappa shape index (κ2) is 4.12. The molecule has 12 heavy (non-hydrogen) atoms. The van der Waals surface area contributed by atoms with Crippen molar-refractivity contribution in [2.24, 2.45) is 0 Å². The Morgan fingerprint density at radius 3 is 2.75 bits per heavy atom. The molecular weight excluding hydrogens is 174 g/mol. The van der Waals surface area contributed by atoms with Crippen LogP contribution < -0.4 is 0 Å². The first kappa shape index (κ1) is 9.07. The average molecular weight is 184 g/mol. The van der Waals surface area contributed by atoms with Crippen LogP contribution in [-0.2, 0) is 11.3 Å². The zero-order valence-corrected chi connectivity index (χ0v) is 7.58. The van der Waals surface area contributed by atoms with Gasteiger partial charge in [-0.05, 0) is 11.6 Å². The lowest BCUT2D eigenvalue weighted by Gasteiger charge is -2.10. The van der Waals surface area contributed by atoms with Crippen LogP contribution in [0.5, 0.6) is 0 Å². The minimum atomic E-state index is 0.559. The van der Waals surface area contributed by atoms with Crippen LogP contribution in [0.2, 0.25) is 5.02 Å². The highest BCUT2D eigenvalue weighted by molar-refractivity contribution is 6.31. The highest BCUT2D eigenvalue weighted by atomic mass is 35.5. The molecule has 0 atom stereocenters. The van der Waals surface area contributed by atoms with Gasteiger partial charge in [-0.3, -0.25) is 4.79 Å². The molecule has 0 aromatic heterocycles. The van der Waals surface area contributed by atoms with Crippen LogP contribution in [0.3, 0.4) is 0 Å². The van der Waals surface area contributed by atoms with Crippen LogP contribution in [0, 0.1) is 0 Å². The molecule has 0 aliphatic carbocycles. The van der Waals surface area contributed by atoms with E-state index < -0.39 is 0 Å². The van der Waals surface area contributed by atoms with Crippen molar-refractivity contribution in [2.75, 3.05) is 7.05 Å². The summed E-state index contributed by atoms with van der Waals surface area (Å²) >= 11 is 5.88. The fourth-order valence-corrected chi connectivity index (χ4v) is 1.13. The van der Waals surface area contributed by atoms with Crippen LogP contribution in [0.1, 0.15) is 5.56 Å². The first-order valence-corrected chi connectivity index (χ1v) is 4.01. The number of carbonyl (C=O) groups is 1. The van der Waals surface area contributed by atoms with Gasteiger partial charge < -0.3 is 4.90 Å². The molecule has 1 rings (SSSR count). The standard InChI is InChI=1S/C9H10ClNO/c1-11(7-12)6-8-4-2-3-5-9(8)10/h2-5,7H,6H2,1H3. The summed E-state index contributed by atoms with van der Waals surface area (Å²) < 4.78 is 0. The van der Waals surface area contributed by atoms with Gasteiger partial charge in [-0.15, -0.1) is 0 Å². The molecule has 1 amide bonds. The SMILES string of the molecule is CN(C=O)Cc1ccccc1Cl. The lowest BCUT2D eigenvalue weighted by molar-refractivity contribution is -0.117. The molecule has 64 valence electrons. The second-order valence-electron chi connectivity index (χ2n) is 2.61. The number of amides is 1. The number of hydrogen-bond donors (Lipinski definition) is 0. The van der Waals surface area contributed by atoms with Crippen LogP contribution >= 0.6 is 11.6 Å². The molecule has 3 heteroatoms. The quantitative estimate of drug-likeness (QED) is 0.656. The van der Waals surface area contributed by atoms with E-state index in [0.29, 0.717) is 11.6 Å². The third-order valence-corrected chi connectivity index (χ3v) is 1.93. The molecule has 0 spiro atoms. The predicted molar refractivity (Wildman–Crippen MR) is 49.0 cm³/mol. The van der Waals surface area contributed by atoms with Gasteiger partial charge in [-0.25, -0.2) is 0 Å². The zero-order valence-electron chi connectivity index (χ0n) is 6.83. The van der Waals surface area contributed by atoms with Crippen molar-refractivity contribution in [1.29, 1.82) is 0 Å². The summed E-state index contributed by atoms with van der Waals surface area (Å²) in [4.78, 5) is 11.8. The molecule has 0 saturated carbocycles. The number of hydrogen-bond acceptors (Lipinski definition) is 1. The van der Waals surface area contributed by atoms with E-state index in [-0.39, 0.29) is 0 Å². The second-order valence-corrected chi connectivity index (χ2v) is 3.02. The molecule has 2 nitrogen and oxygen atoms in total. The normalized spacial score (nSPS) is 9.50. The average Bonchev–Trinajstić information content (AvgIpc) is 2.09. The van der Waals surface area contributed by atoms with Crippen LogP contribution in [0.4, 0.5) is 0 Å². The Morgan fingerprint density at radius 2 is 2.17 bits per heavy atom. The van der Waals surface area contributed by atoms with E-state index in [4.69, 9.17) is 11.6 Å². The van der Waals surface area contributed by atoms with Gasteiger partial charge >= 0.3 is 0 Å². The Morgan fingerprint density at radius 1 is 1.50 bits per heavy atom. The summed E-state index contributed by atoms with van der Waals surface area (Å²) in [6.45, 7) is 0.559. The van der Waals surface area contributed by atoms with E-state index in [2.05, 4.69) is 0 Å². The summed E-state index contributed by atoms with van der Waals surface area (Å²) in [5.41, 5.74) is 0.966. The van der Waals surface area contributed by atoms with Crippen molar-refractivity contribution < 1.29 is 4.79 Å². The van der Waals surface area contributed by atoms with Gasteiger partial charge in [0.1, 0.15) is 0 Å². The lowest BCUT2D eigenvalue weighted by Crippen LogP contribution is -2.14. The largest absolute Gasteiger partial charge is 0.344 e. The van der Waals surface area contributed by atoms with Crippen molar-refractivity contribution in [1.82, 2.24) is 4.90 Å². The Kier molecular flexibility index (Phi) is 3.11. The molecule has 0 bridgehead atoms. The van der Waals surface area contributed by atoms with Crippen molar-refractivity contribution in [3.63, 3.8) is 0 Å². The first-order valence-electron chi connectivity index (χ1n) is 3.63. The summed E-state index contributed by atoms with van der Waals surface area (Å²) in [5, 5.41) is 0.700. The molecule has 0 N–H and O–H groups in total. The Labute approximate surface area is 76.8 Å². The third-order valence-electron chi connectivity index (χ3n) is 1.56. The Hall–Kier alpha value is -1.02. The molecule has 0 heterocycles.